The Morgan fingerprint density at radius 2 is 1.76 bits per heavy atom. The van der Waals surface area contributed by atoms with E-state index in [1.807, 2.05) is 74.8 Å². The molecule has 0 saturated heterocycles. The van der Waals surface area contributed by atoms with Gasteiger partial charge in [-0.2, -0.15) is 0 Å². The summed E-state index contributed by atoms with van der Waals surface area (Å²) < 4.78 is 5.88. The average Bonchev–Trinajstić information content (AvgIpc) is 3.07. The lowest BCUT2D eigenvalue weighted by atomic mass is 10.2. The molecule has 0 fully saturated rings. The predicted octanol–water partition coefficient (Wildman–Crippen LogP) is 4.70. The summed E-state index contributed by atoms with van der Waals surface area (Å²) >= 11 is 0. The number of nitrogens with zero attached hydrogens (tertiary/aromatic N) is 3. The van der Waals surface area contributed by atoms with Gasteiger partial charge in [0.05, 0.1) is 0 Å². The Bertz CT molecular complexity index is 973. The second-order valence-electron chi connectivity index (χ2n) is 5.98. The first-order valence-corrected chi connectivity index (χ1v) is 8.05. The molecule has 0 bridgehead atoms. The van der Waals surface area contributed by atoms with Gasteiger partial charge in [0.15, 0.2) is 5.76 Å². The summed E-state index contributed by atoms with van der Waals surface area (Å²) in [5.74, 6) is 1.27. The van der Waals surface area contributed by atoms with E-state index in [0.29, 0.717) is 5.95 Å². The van der Waals surface area contributed by atoms with Gasteiger partial charge in [-0.1, -0.05) is 18.2 Å². The molecule has 4 rings (SSSR count). The van der Waals surface area contributed by atoms with Gasteiger partial charge in [-0.25, -0.2) is 9.97 Å². The van der Waals surface area contributed by atoms with Crippen LogP contribution in [0.25, 0.3) is 22.4 Å². The smallest absolute Gasteiger partial charge is 0.227 e. The van der Waals surface area contributed by atoms with Crippen LogP contribution in [0.4, 0.5) is 17.3 Å². The molecule has 5 nitrogen and oxygen atoms in total. The Morgan fingerprint density at radius 1 is 0.960 bits per heavy atom. The summed E-state index contributed by atoms with van der Waals surface area (Å²) in [5.41, 5.74) is 3.68. The van der Waals surface area contributed by atoms with Crippen molar-refractivity contribution < 1.29 is 4.42 Å². The summed E-state index contributed by atoms with van der Waals surface area (Å²) in [4.78, 5) is 10.9. The first-order chi connectivity index (χ1) is 12.2. The molecule has 2 aromatic carbocycles. The molecule has 0 aliphatic carbocycles. The zero-order valence-electron chi connectivity index (χ0n) is 14.1. The fraction of sp³-hybridized carbons (Fsp3) is 0.100. The Hall–Kier alpha value is -3.34. The molecule has 0 radical (unpaired) electrons. The van der Waals surface area contributed by atoms with Gasteiger partial charge in [0.1, 0.15) is 11.3 Å². The van der Waals surface area contributed by atoms with Crippen molar-refractivity contribution in [3.8, 4) is 11.5 Å². The lowest BCUT2D eigenvalue weighted by Gasteiger charge is -2.13. The van der Waals surface area contributed by atoms with Gasteiger partial charge in [0.25, 0.3) is 0 Å². The molecule has 0 spiro atoms. The number of hydrogen-bond acceptors (Lipinski definition) is 5. The maximum absolute atomic E-state index is 5.88. The van der Waals surface area contributed by atoms with Crippen LogP contribution in [0.3, 0.4) is 0 Å². The number of para-hydroxylation sites is 1. The first kappa shape index (κ1) is 15.2. The molecule has 4 aromatic rings. The van der Waals surface area contributed by atoms with Crippen molar-refractivity contribution in [2.24, 2.45) is 0 Å². The lowest BCUT2D eigenvalue weighted by molar-refractivity contribution is 0.628. The highest BCUT2D eigenvalue weighted by atomic mass is 16.3. The van der Waals surface area contributed by atoms with E-state index in [1.165, 1.54) is 0 Å². The van der Waals surface area contributed by atoms with Gasteiger partial charge in [-0.05, 0) is 42.5 Å². The van der Waals surface area contributed by atoms with Gasteiger partial charge in [-0.15, -0.1) is 0 Å². The Morgan fingerprint density at radius 3 is 2.52 bits per heavy atom. The zero-order chi connectivity index (χ0) is 17.2. The summed E-state index contributed by atoms with van der Waals surface area (Å²) in [5, 5.41) is 4.29. The minimum absolute atomic E-state index is 0.538. The lowest BCUT2D eigenvalue weighted by Crippen LogP contribution is -2.08. The maximum Gasteiger partial charge on any atom is 0.227 e. The number of aromatic nitrogens is 2. The van der Waals surface area contributed by atoms with Crippen molar-refractivity contribution in [1.82, 2.24) is 9.97 Å². The molecule has 0 aliphatic heterocycles. The number of hydrogen-bond donors (Lipinski definition) is 1. The SMILES string of the molecule is CN(C)c1ccc(Nc2nccc(-c3cc4ccccc4o3)n2)cc1. The fourth-order valence-electron chi connectivity index (χ4n) is 2.64. The summed E-state index contributed by atoms with van der Waals surface area (Å²) in [6.07, 6.45) is 1.73. The highest BCUT2D eigenvalue weighted by Gasteiger charge is 2.08. The molecule has 5 heteroatoms. The summed E-state index contributed by atoms with van der Waals surface area (Å²) in [6.45, 7) is 0. The second kappa shape index (κ2) is 6.28. The second-order valence-corrected chi connectivity index (χ2v) is 5.98. The van der Waals surface area contributed by atoms with E-state index in [2.05, 4.69) is 20.2 Å². The van der Waals surface area contributed by atoms with Gasteiger partial charge in [-0.3, -0.25) is 0 Å². The molecule has 1 N–H and O–H groups in total. The normalized spacial score (nSPS) is 10.8. The van der Waals surface area contributed by atoms with Crippen molar-refractivity contribution in [1.29, 1.82) is 0 Å². The van der Waals surface area contributed by atoms with Crippen LogP contribution in [-0.4, -0.2) is 24.1 Å². The Kier molecular flexibility index (Phi) is 3.82. The Balaban J connectivity index is 1.60. The van der Waals surface area contributed by atoms with Crippen LogP contribution in [0.5, 0.6) is 0 Å². The van der Waals surface area contributed by atoms with E-state index in [0.717, 1.165) is 33.8 Å². The van der Waals surface area contributed by atoms with Crippen LogP contribution in [0, 0.1) is 0 Å². The van der Waals surface area contributed by atoms with Gasteiger partial charge in [0, 0.05) is 37.1 Å². The minimum atomic E-state index is 0.538. The van der Waals surface area contributed by atoms with Gasteiger partial charge < -0.3 is 14.6 Å². The van der Waals surface area contributed by atoms with Crippen LogP contribution in [-0.2, 0) is 0 Å². The molecule has 0 atom stereocenters. The maximum atomic E-state index is 5.88. The molecular formula is C20H18N4O. The van der Waals surface area contributed by atoms with E-state index >= 15 is 0 Å². The van der Waals surface area contributed by atoms with Gasteiger partial charge in [0.2, 0.25) is 5.95 Å². The van der Waals surface area contributed by atoms with Crippen LogP contribution in [0.1, 0.15) is 0 Å². The fourth-order valence-corrected chi connectivity index (χ4v) is 2.64. The standard InChI is InChI=1S/C20H18N4O/c1-24(2)16-9-7-15(8-10-16)22-20-21-12-11-17(23-20)19-13-14-5-3-4-6-18(14)25-19/h3-13H,1-2H3,(H,21,22,23). The first-order valence-electron chi connectivity index (χ1n) is 8.05. The quantitative estimate of drug-likeness (QED) is 0.588. The Labute approximate surface area is 146 Å². The largest absolute Gasteiger partial charge is 0.454 e. The molecule has 2 heterocycles. The van der Waals surface area contributed by atoms with Gasteiger partial charge >= 0.3 is 0 Å². The summed E-state index contributed by atoms with van der Waals surface area (Å²) in [7, 11) is 4.03. The van der Waals surface area contributed by atoms with Crippen LogP contribution in [0.2, 0.25) is 0 Å². The monoisotopic (exact) mass is 330 g/mol. The van der Waals surface area contributed by atoms with Crippen LogP contribution >= 0.6 is 0 Å². The number of rotatable bonds is 4. The van der Waals surface area contributed by atoms with Crippen molar-refractivity contribution in [3.63, 3.8) is 0 Å². The van der Waals surface area contributed by atoms with Crippen LogP contribution in [0.15, 0.2) is 71.3 Å². The molecule has 0 aliphatic rings. The molecule has 25 heavy (non-hydrogen) atoms. The predicted molar refractivity (Wildman–Crippen MR) is 101 cm³/mol. The van der Waals surface area contributed by atoms with Crippen molar-refractivity contribution in [2.45, 2.75) is 0 Å². The third kappa shape index (κ3) is 3.17. The molecule has 0 unspecified atom stereocenters. The van der Waals surface area contributed by atoms with E-state index in [4.69, 9.17) is 4.42 Å². The molecule has 124 valence electrons. The zero-order valence-corrected chi connectivity index (χ0v) is 14.1. The van der Waals surface area contributed by atoms with Crippen molar-refractivity contribution in [3.05, 3.63) is 66.9 Å². The topological polar surface area (TPSA) is 54.2 Å². The summed E-state index contributed by atoms with van der Waals surface area (Å²) in [6, 6.07) is 19.9. The number of benzene rings is 2. The number of fused-ring (bicyclic) bond motifs is 1. The third-order valence-electron chi connectivity index (χ3n) is 3.97. The van der Waals surface area contributed by atoms with E-state index in [9.17, 15) is 0 Å². The van der Waals surface area contributed by atoms with E-state index in [-0.39, 0.29) is 0 Å². The van der Waals surface area contributed by atoms with E-state index < -0.39 is 0 Å². The third-order valence-corrected chi connectivity index (χ3v) is 3.97. The van der Waals surface area contributed by atoms with E-state index in [1.54, 1.807) is 6.20 Å². The number of furan rings is 1. The molecular weight excluding hydrogens is 312 g/mol. The van der Waals surface area contributed by atoms with Crippen molar-refractivity contribution >= 4 is 28.3 Å². The molecule has 0 saturated carbocycles. The number of anilines is 3. The minimum Gasteiger partial charge on any atom is -0.454 e. The number of nitrogens with one attached hydrogen (secondary N) is 1. The van der Waals surface area contributed by atoms with Crippen LogP contribution < -0.4 is 10.2 Å². The highest BCUT2D eigenvalue weighted by Crippen LogP contribution is 2.27. The molecule has 2 aromatic heterocycles. The highest BCUT2D eigenvalue weighted by molar-refractivity contribution is 5.82. The van der Waals surface area contributed by atoms with Crippen molar-refractivity contribution in [2.75, 3.05) is 24.3 Å². The average molecular weight is 330 g/mol. The molecule has 0 amide bonds.